The molecular weight excluding hydrogens is 232 g/mol. The Labute approximate surface area is 113 Å². The number of hydrogen-bond acceptors (Lipinski definition) is 2. The van der Waals surface area contributed by atoms with Crippen LogP contribution in [0.4, 0.5) is 5.69 Å². The lowest BCUT2D eigenvalue weighted by molar-refractivity contribution is 0.806. The van der Waals surface area contributed by atoms with Gasteiger partial charge in [0.05, 0.1) is 11.6 Å². The van der Waals surface area contributed by atoms with Crippen molar-refractivity contribution >= 4 is 5.69 Å². The zero-order valence-electron chi connectivity index (χ0n) is 10.8. The smallest absolute Gasteiger partial charge is 0.0991 e. The van der Waals surface area contributed by atoms with Crippen molar-refractivity contribution in [2.24, 2.45) is 0 Å². The second-order valence-electron chi connectivity index (χ2n) is 4.91. The van der Waals surface area contributed by atoms with Crippen LogP contribution in [0.2, 0.25) is 0 Å². The van der Waals surface area contributed by atoms with Crippen LogP contribution >= 0.6 is 0 Å². The molecule has 0 spiro atoms. The lowest BCUT2D eigenvalue weighted by atomic mass is 10.0. The third-order valence-electron chi connectivity index (χ3n) is 3.78. The first kappa shape index (κ1) is 11.8. The molecule has 0 saturated carbocycles. The summed E-state index contributed by atoms with van der Waals surface area (Å²) in [6.45, 7) is 2.09. The van der Waals surface area contributed by atoms with E-state index in [4.69, 9.17) is 5.26 Å². The van der Waals surface area contributed by atoms with Gasteiger partial charge in [0.1, 0.15) is 0 Å². The first-order valence-corrected chi connectivity index (χ1v) is 6.69. The number of fused-ring (bicyclic) bond motifs is 1. The van der Waals surface area contributed by atoms with Crippen molar-refractivity contribution in [2.75, 3.05) is 18.0 Å². The van der Waals surface area contributed by atoms with Gasteiger partial charge in [-0.2, -0.15) is 5.26 Å². The van der Waals surface area contributed by atoms with E-state index in [1.807, 2.05) is 12.1 Å². The molecule has 19 heavy (non-hydrogen) atoms. The predicted molar refractivity (Wildman–Crippen MR) is 77.2 cm³/mol. The molecule has 1 aliphatic heterocycles. The fraction of sp³-hybridized carbons (Fsp3) is 0.235. The second kappa shape index (κ2) is 5.16. The number of nitrogens with zero attached hydrogens (tertiary/aromatic N) is 2. The molecule has 2 aromatic carbocycles. The molecule has 0 aliphatic carbocycles. The molecule has 0 radical (unpaired) electrons. The lowest BCUT2D eigenvalue weighted by Crippen LogP contribution is -2.25. The monoisotopic (exact) mass is 248 g/mol. The maximum absolute atomic E-state index is 8.84. The summed E-state index contributed by atoms with van der Waals surface area (Å²) in [6.07, 6.45) is 2.19. The van der Waals surface area contributed by atoms with Crippen LogP contribution in [0.15, 0.2) is 48.5 Å². The Hall–Kier alpha value is -2.27. The standard InChI is InChI=1S/C17H16N2/c18-13-14-5-7-17(8-6-14)19-11-9-15-3-1-2-4-16(15)10-12-19/h1-8H,9-12H2. The van der Waals surface area contributed by atoms with Crippen LogP contribution in [-0.4, -0.2) is 13.1 Å². The fourth-order valence-electron chi connectivity index (χ4n) is 2.67. The van der Waals surface area contributed by atoms with Gasteiger partial charge in [0, 0.05) is 18.8 Å². The minimum absolute atomic E-state index is 0.724. The van der Waals surface area contributed by atoms with Crippen molar-refractivity contribution in [3.63, 3.8) is 0 Å². The highest BCUT2D eigenvalue weighted by Gasteiger charge is 2.13. The molecule has 2 aromatic rings. The summed E-state index contributed by atoms with van der Waals surface area (Å²) in [6, 6.07) is 18.8. The predicted octanol–water partition coefficient (Wildman–Crippen LogP) is 3.16. The zero-order valence-corrected chi connectivity index (χ0v) is 10.8. The zero-order chi connectivity index (χ0) is 13.1. The summed E-state index contributed by atoms with van der Waals surface area (Å²) in [5, 5.41) is 8.84. The molecule has 0 saturated heterocycles. The van der Waals surface area contributed by atoms with Gasteiger partial charge in [0.25, 0.3) is 0 Å². The SMILES string of the molecule is N#Cc1ccc(N2CCc3ccccc3CC2)cc1. The van der Waals surface area contributed by atoms with Crippen LogP contribution in [0.3, 0.4) is 0 Å². The average molecular weight is 248 g/mol. The van der Waals surface area contributed by atoms with Crippen molar-refractivity contribution in [2.45, 2.75) is 12.8 Å². The molecule has 0 aromatic heterocycles. The first-order chi connectivity index (χ1) is 9.36. The molecule has 1 aliphatic rings. The largest absolute Gasteiger partial charge is 0.371 e. The highest BCUT2D eigenvalue weighted by Crippen LogP contribution is 2.21. The van der Waals surface area contributed by atoms with Gasteiger partial charge >= 0.3 is 0 Å². The lowest BCUT2D eigenvalue weighted by Gasteiger charge is -2.22. The first-order valence-electron chi connectivity index (χ1n) is 6.69. The van der Waals surface area contributed by atoms with E-state index in [1.54, 1.807) is 0 Å². The summed E-state index contributed by atoms with van der Waals surface area (Å²) < 4.78 is 0. The molecule has 0 bridgehead atoms. The molecule has 3 rings (SSSR count). The van der Waals surface area contributed by atoms with Crippen molar-refractivity contribution in [1.82, 2.24) is 0 Å². The topological polar surface area (TPSA) is 27.0 Å². The van der Waals surface area contributed by atoms with Crippen LogP contribution < -0.4 is 4.90 Å². The van der Waals surface area contributed by atoms with Crippen LogP contribution in [0, 0.1) is 11.3 Å². The number of rotatable bonds is 1. The third kappa shape index (κ3) is 2.46. The van der Waals surface area contributed by atoms with Crippen LogP contribution in [0.5, 0.6) is 0 Å². The van der Waals surface area contributed by atoms with E-state index in [0.29, 0.717) is 0 Å². The van der Waals surface area contributed by atoms with Crippen LogP contribution in [-0.2, 0) is 12.8 Å². The van der Waals surface area contributed by atoms with E-state index in [9.17, 15) is 0 Å². The Morgan fingerprint density at radius 1 is 0.842 bits per heavy atom. The molecule has 0 fully saturated rings. The van der Waals surface area contributed by atoms with E-state index >= 15 is 0 Å². The summed E-state index contributed by atoms with van der Waals surface area (Å²) in [5.74, 6) is 0. The Bertz CT molecular complexity index is 581. The molecule has 0 amide bonds. The molecule has 0 atom stereocenters. The number of nitriles is 1. The minimum Gasteiger partial charge on any atom is -0.371 e. The van der Waals surface area contributed by atoms with Gasteiger partial charge in [0.2, 0.25) is 0 Å². The highest BCUT2D eigenvalue weighted by molar-refractivity contribution is 5.50. The Kier molecular flexibility index (Phi) is 3.20. The van der Waals surface area contributed by atoms with Gasteiger partial charge in [-0.25, -0.2) is 0 Å². The number of hydrogen-bond donors (Lipinski definition) is 0. The fourth-order valence-corrected chi connectivity index (χ4v) is 2.67. The van der Waals surface area contributed by atoms with Crippen molar-refractivity contribution in [1.29, 1.82) is 5.26 Å². The molecule has 0 unspecified atom stereocenters. The van der Waals surface area contributed by atoms with Gasteiger partial charge in [-0.3, -0.25) is 0 Å². The molecule has 2 nitrogen and oxygen atoms in total. The highest BCUT2D eigenvalue weighted by atomic mass is 15.1. The Morgan fingerprint density at radius 2 is 1.42 bits per heavy atom. The summed E-state index contributed by atoms with van der Waals surface area (Å²) in [4.78, 5) is 2.40. The summed E-state index contributed by atoms with van der Waals surface area (Å²) in [7, 11) is 0. The van der Waals surface area contributed by atoms with Crippen molar-refractivity contribution in [3.8, 4) is 6.07 Å². The molecule has 1 heterocycles. The van der Waals surface area contributed by atoms with Gasteiger partial charge in [0.15, 0.2) is 0 Å². The summed E-state index contributed by atoms with van der Waals surface area (Å²) >= 11 is 0. The molecule has 94 valence electrons. The quantitative estimate of drug-likeness (QED) is 0.775. The second-order valence-corrected chi connectivity index (χ2v) is 4.91. The van der Waals surface area contributed by atoms with Gasteiger partial charge in [-0.15, -0.1) is 0 Å². The van der Waals surface area contributed by atoms with E-state index in [0.717, 1.165) is 31.5 Å². The van der Waals surface area contributed by atoms with Crippen molar-refractivity contribution < 1.29 is 0 Å². The Balaban J connectivity index is 1.79. The van der Waals surface area contributed by atoms with Crippen LogP contribution in [0.25, 0.3) is 0 Å². The molecular formula is C17H16N2. The van der Waals surface area contributed by atoms with Crippen molar-refractivity contribution in [3.05, 3.63) is 65.2 Å². The summed E-state index contributed by atoms with van der Waals surface area (Å²) in [5.41, 5.74) is 4.88. The maximum Gasteiger partial charge on any atom is 0.0991 e. The normalized spacial score (nSPS) is 14.4. The molecule has 2 heteroatoms. The molecule has 0 N–H and O–H groups in total. The van der Waals surface area contributed by atoms with Gasteiger partial charge in [-0.1, -0.05) is 24.3 Å². The van der Waals surface area contributed by atoms with E-state index < -0.39 is 0 Å². The van der Waals surface area contributed by atoms with Gasteiger partial charge in [-0.05, 0) is 48.2 Å². The average Bonchev–Trinajstić information content (AvgIpc) is 2.70. The van der Waals surface area contributed by atoms with E-state index in [-0.39, 0.29) is 0 Å². The minimum atomic E-state index is 0.724. The van der Waals surface area contributed by atoms with Gasteiger partial charge < -0.3 is 4.90 Å². The third-order valence-corrected chi connectivity index (χ3v) is 3.78. The number of benzene rings is 2. The van der Waals surface area contributed by atoms with E-state index in [2.05, 4.69) is 47.4 Å². The maximum atomic E-state index is 8.84. The number of anilines is 1. The Morgan fingerprint density at radius 3 is 1.95 bits per heavy atom. The van der Waals surface area contributed by atoms with E-state index in [1.165, 1.54) is 16.8 Å². The van der Waals surface area contributed by atoms with Crippen LogP contribution in [0.1, 0.15) is 16.7 Å².